The predicted molar refractivity (Wildman–Crippen MR) is 62.8 cm³/mol. The van der Waals surface area contributed by atoms with Gasteiger partial charge in [-0.25, -0.2) is 9.59 Å². The topological polar surface area (TPSA) is 157 Å². The Labute approximate surface area is 111 Å². The highest BCUT2D eigenvalue weighted by Gasteiger charge is 2.44. The molecule has 0 aromatic carbocycles. The largest absolute Gasteiger partial charge is 0.447 e. The number of aromatic amines is 1. The lowest BCUT2D eigenvalue weighted by atomic mass is 10.1. The Hall–Kier alpha value is -2.17. The molecule has 0 unspecified atom stereocenters. The number of hydrogen-bond acceptors (Lipinski definition) is 7. The number of rotatable bonds is 3. The molecule has 1 aliphatic heterocycles. The number of aliphatic hydroxyl groups is 2. The number of nitrogens with zero attached hydrogens (tertiary/aromatic N) is 1. The van der Waals surface area contributed by atoms with Crippen molar-refractivity contribution < 1.29 is 24.5 Å². The zero-order chi connectivity index (χ0) is 14.9. The number of carbonyl (C=O) groups excluding carboxylic acids is 1. The number of H-pyrrole nitrogens is 1. The summed E-state index contributed by atoms with van der Waals surface area (Å²) < 4.78 is 10.6. The predicted octanol–water partition coefficient (Wildman–Crippen LogP) is -2.75. The molecule has 110 valence electrons. The summed E-state index contributed by atoms with van der Waals surface area (Å²) in [7, 11) is 0. The molecular formula is C10H13N3O7. The highest BCUT2D eigenvalue weighted by molar-refractivity contribution is 5.64. The Morgan fingerprint density at radius 2 is 2.15 bits per heavy atom. The highest BCUT2D eigenvalue weighted by Crippen LogP contribution is 2.28. The van der Waals surface area contributed by atoms with E-state index in [-0.39, 0.29) is 6.61 Å². The van der Waals surface area contributed by atoms with Gasteiger partial charge in [0.2, 0.25) is 0 Å². The molecule has 1 aromatic heterocycles. The van der Waals surface area contributed by atoms with Gasteiger partial charge in [0.1, 0.15) is 24.9 Å². The van der Waals surface area contributed by atoms with Gasteiger partial charge in [-0.05, 0) is 0 Å². The van der Waals surface area contributed by atoms with Crippen molar-refractivity contribution in [3.8, 4) is 0 Å². The maximum atomic E-state index is 11.6. The van der Waals surface area contributed by atoms with Crippen molar-refractivity contribution in [2.45, 2.75) is 24.5 Å². The number of aromatic nitrogens is 2. The molecule has 20 heavy (non-hydrogen) atoms. The lowest BCUT2D eigenvalue weighted by Crippen LogP contribution is -2.37. The van der Waals surface area contributed by atoms with Crippen molar-refractivity contribution in [2.75, 3.05) is 6.61 Å². The van der Waals surface area contributed by atoms with Crippen LogP contribution >= 0.6 is 0 Å². The SMILES string of the molecule is NC(=O)OC[C@@H]1O[C@@H](n2ccc(=O)[nH]c2=O)[C@H](O)[C@@H]1O. The van der Waals surface area contributed by atoms with E-state index in [0.717, 1.165) is 16.8 Å². The molecule has 0 spiro atoms. The fourth-order valence-corrected chi connectivity index (χ4v) is 1.89. The van der Waals surface area contributed by atoms with Crippen LogP contribution in [0.25, 0.3) is 0 Å². The quantitative estimate of drug-likeness (QED) is 0.469. The summed E-state index contributed by atoms with van der Waals surface area (Å²) in [6, 6.07) is 1.07. The Kier molecular flexibility index (Phi) is 3.88. The van der Waals surface area contributed by atoms with Crippen LogP contribution in [0.1, 0.15) is 6.23 Å². The zero-order valence-corrected chi connectivity index (χ0v) is 10.1. The average Bonchev–Trinajstić information content (AvgIpc) is 2.64. The van der Waals surface area contributed by atoms with Crippen LogP contribution < -0.4 is 17.0 Å². The van der Waals surface area contributed by atoms with E-state index in [2.05, 4.69) is 4.74 Å². The molecule has 1 aliphatic rings. The van der Waals surface area contributed by atoms with Crippen molar-refractivity contribution in [3.05, 3.63) is 33.1 Å². The van der Waals surface area contributed by atoms with Gasteiger partial charge in [-0.2, -0.15) is 0 Å². The van der Waals surface area contributed by atoms with Crippen LogP contribution in [0, 0.1) is 0 Å². The molecule has 0 radical (unpaired) electrons. The van der Waals surface area contributed by atoms with Crippen molar-refractivity contribution in [1.82, 2.24) is 9.55 Å². The van der Waals surface area contributed by atoms with Crippen molar-refractivity contribution in [2.24, 2.45) is 5.73 Å². The highest BCUT2D eigenvalue weighted by atomic mass is 16.6. The maximum Gasteiger partial charge on any atom is 0.404 e. The summed E-state index contributed by atoms with van der Waals surface area (Å²) >= 11 is 0. The number of nitrogens with one attached hydrogen (secondary N) is 1. The third kappa shape index (κ3) is 2.71. The van der Waals surface area contributed by atoms with Gasteiger partial charge < -0.3 is 25.4 Å². The van der Waals surface area contributed by atoms with Crippen molar-refractivity contribution in [3.63, 3.8) is 0 Å². The molecule has 10 nitrogen and oxygen atoms in total. The van der Waals surface area contributed by atoms with E-state index >= 15 is 0 Å². The molecule has 0 bridgehead atoms. The number of aliphatic hydroxyl groups excluding tert-OH is 2. The van der Waals surface area contributed by atoms with Gasteiger partial charge >= 0.3 is 11.8 Å². The molecule has 1 aromatic rings. The number of nitrogens with two attached hydrogens (primary N) is 1. The van der Waals surface area contributed by atoms with Crippen LogP contribution in [-0.2, 0) is 9.47 Å². The smallest absolute Gasteiger partial charge is 0.404 e. The fourth-order valence-electron chi connectivity index (χ4n) is 1.89. The molecule has 1 saturated heterocycles. The molecule has 4 atom stereocenters. The molecule has 0 aliphatic carbocycles. The molecule has 10 heteroatoms. The summed E-state index contributed by atoms with van der Waals surface area (Å²) in [5, 5.41) is 19.6. The van der Waals surface area contributed by atoms with E-state index in [1.807, 2.05) is 4.98 Å². The summed E-state index contributed by atoms with van der Waals surface area (Å²) in [5.41, 5.74) is 3.38. The molecule has 5 N–H and O–H groups in total. The van der Waals surface area contributed by atoms with E-state index in [4.69, 9.17) is 10.5 Å². The van der Waals surface area contributed by atoms with Crippen LogP contribution in [0.4, 0.5) is 4.79 Å². The normalized spacial score (nSPS) is 29.3. The first-order chi connectivity index (χ1) is 9.40. The van der Waals surface area contributed by atoms with Gasteiger partial charge in [0.05, 0.1) is 0 Å². The van der Waals surface area contributed by atoms with E-state index in [1.165, 1.54) is 0 Å². The molecule has 1 amide bonds. The minimum atomic E-state index is -1.43. The van der Waals surface area contributed by atoms with Crippen LogP contribution in [0.5, 0.6) is 0 Å². The molecule has 1 fully saturated rings. The number of carbonyl (C=O) groups is 1. The molecular weight excluding hydrogens is 274 g/mol. The average molecular weight is 287 g/mol. The van der Waals surface area contributed by atoms with E-state index in [9.17, 15) is 24.6 Å². The van der Waals surface area contributed by atoms with E-state index in [0.29, 0.717) is 0 Å². The standard InChI is InChI=1S/C10H13N3O7/c11-9(17)19-3-4-6(15)7(16)8(20-4)13-2-1-5(14)12-10(13)18/h1-2,4,6-8,15-16H,3H2,(H2,11,17)(H,12,14,18)/t4-,6+,7+,8+/m0/s1. The summed E-state index contributed by atoms with van der Waals surface area (Å²) in [6.45, 7) is -0.373. The lowest BCUT2D eigenvalue weighted by molar-refractivity contribution is -0.0563. The third-order valence-electron chi connectivity index (χ3n) is 2.85. The Morgan fingerprint density at radius 3 is 2.75 bits per heavy atom. The van der Waals surface area contributed by atoms with Gasteiger partial charge in [0, 0.05) is 12.3 Å². The first-order valence-electron chi connectivity index (χ1n) is 5.65. The number of hydrogen-bond donors (Lipinski definition) is 4. The number of primary amides is 1. The first kappa shape index (κ1) is 14.2. The van der Waals surface area contributed by atoms with Gasteiger partial charge in [-0.3, -0.25) is 14.3 Å². The summed E-state index contributed by atoms with van der Waals surface area (Å²) in [4.78, 5) is 35.0. The summed E-state index contributed by atoms with van der Waals surface area (Å²) in [5.74, 6) is 0. The van der Waals surface area contributed by atoms with Crippen molar-refractivity contribution in [1.29, 1.82) is 0 Å². The third-order valence-corrected chi connectivity index (χ3v) is 2.85. The number of amides is 1. The number of ether oxygens (including phenoxy) is 2. The minimum absolute atomic E-state index is 0.373. The zero-order valence-electron chi connectivity index (χ0n) is 10.1. The second-order valence-corrected chi connectivity index (χ2v) is 4.19. The maximum absolute atomic E-state index is 11.6. The van der Waals surface area contributed by atoms with Gasteiger partial charge in [-0.15, -0.1) is 0 Å². The first-order valence-corrected chi connectivity index (χ1v) is 5.65. The summed E-state index contributed by atoms with van der Waals surface area (Å²) in [6.07, 6.45) is -4.99. The van der Waals surface area contributed by atoms with E-state index < -0.39 is 41.9 Å². The van der Waals surface area contributed by atoms with Crippen LogP contribution in [-0.4, -0.2) is 50.8 Å². The van der Waals surface area contributed by atoms with Gasteiger partial charge in [0.25, 0.3) is 5.56 Å². The van der Waals surface area contributed by atoms with Crippen LogP contribution in [0.3, 0.4) is 0 Å². The minimum Gasteiger partial charge on any atom is -0.447 e. The van der Waals surface area contributed by atoms with Crippen LogP contribution in [0.15, 0.2) is 21.9 Å². The molecule has 2 heterocycles. The second-order valence-electron chi connectivity index (χ2n) is 4.19. The molecule has 2 rings (SSSR count). The lowest BCUT2D eigenvalue weighted by Gasteiger charge is -2.16. The monoisotopic (exact) mass is 287 g/mol. The second kappa shape index (κ2) is 5.45. The Bertz CT molecular complexity index is 609. The van der Waals surface area contributed by atoms with Gasteiger partial charge in [0.15, 0.2) is 6.23 Å². The Morgan fingerprint density at radius 1 is 1.45 bits per heavy atom. The fraction of sp³-hybridized carbons (Fsp3) is 0.500. The Balaban J connectivity index is 2.19. The van der Waals surface area contributed by atoms with Crippen LogP contribution in [0.2, 0.25) is 0 Å². The van der Waals surface area contributed by atoms with Gasteiger partial charge in [-0.1, -0.05) is 0 Å². The van der Waals surface area contributed by atoms with Crippen molar-refractivity contribution >= 4 is 6.09 Å². The van der Waals surface area contributed by atoms with E-state index in [1.54, 1.807) is 0 Å². The molecule has 0 saturated carbocycles.